The monoisotopic (exact) mass is 274 g/mol. The SMILES string of the molecule is CC(C)N(Cc1ccnc(C(=N)N)c1)CC(F)(F)F. The van der Waals surface area contributed by atoms with Crippen LogP contribution in [-0.4, -0.2) is 34.5 Å². The van der Waals surface area contributed by atoms with Crippen LogP contribution < -0.4 is 5.73 Å². The lowest BCUT2D eigenvalue weighted by atomic mass is 10.2. The van der Waals surface area contributed by atoms with Gasteiger partial charge in [-0.1, -0.05) is 0 Å². The van der Waals surface area contributed by atoms with E-state index in [-0.39, 0.29) is 24.1 Å². The average molecular weight is 274 g/mol. The van der Waals surface area contributed by atoms with Crippen molar-refractivity contribution in [1.82, 2.24) is 9.88 Å². The van der Waals surface area contributed by atoms with Crippen molar-refractivity contribution in [2.24, 2.45) is 5.73 Å². The van der Waals surface area contributed by atoms with Gasteiger partial charge in [-0.15, -0.1) is 0 Å². The van der Waals surface area contributed by atoms with Gasteiger partial charge in [-0.3, -0.25) is 15.3 Å². The van der Waals surface area contributed by atoms with Crippen LogP contribution in [0, 0.1) is 5.41 Å². The van der Waals surface area contributed by atoms with Crippen molar-refractivity contribution in [3.05, 3.63) is 29.6 Å². The van der Waals surface area contributed by atoms with Crippen LogP contribution in [0.4, 0.5) is 13.2 Å². The number of alkyl halides is 3. The van der Waals surface area contributed by atoms with Crippen LogP contribution in [0.25, 0.3) is 0 Å². The summed E-state index contributed by atoms with van der Waals surface area (Å²) in [6.07, 6.45) is -2.79. The van der Waals surface area contributed by atoms with Crippen molar-refractivity contribution in [2.75, 3.05) is 6.54 Å². The molecule has 3 N–H and O–H groups in total. The van der Waals surface area contributed by atoms with Crippen LogP contribution in [0.15, 0.2) is 18.3 Å². The number of hydrogen-bond acceptors (Lipinski definition) is 3. The van der Waals surface area contributed by atoms with E-state index in [2.05, 4.69) is 4.98 Å². The van der Waals surface area contributed by atoms with E-state index in [0.717, 1.165) is 0 Å². The third-order valence-corrected chi connectivity index (χ3v) is 2.60. The topological polar surface area (TPSA) is 66.0 Å². The molecule has 0 saturated heterocycles. The third kappa shape index (κ3) is 5.25. The minimum Gasteiger partial charge on any atom is -0.382 e. The molecular formula is C12H17F3N4. The largest absolute Gasteiger partial charge is 0.401 e. The highest BCUT2D eigenvalue weighted by Gasteiger charge is 2.31. The molecule has 0 aliphatic carbocycles. The Bertz CT molecular complexity index is 443. The molecular weight excluding hydrogens is 257 g/mol. The first-order chi connectivity index (χ1) is 8.69. The van der Waals surface area contributed by atoms with Gasteiger partial charge < -0.3 is 5.73 Å². The number of amidine groups is 1. The predicted molar refractivity (Wildman–Crippen MR) is 66.9 cm³/mol. The van der Waals surface area contributed by atoms with E-state index in [4.69, 9.17) is 11.1 Å². The molecule has 0 aliphatic heterocycles. The molecule has 0 amide bonds. The fourth-order valence-corrected chi connectivity index (χ4v) is 1.61. The molecule has 0 radical (unpaired) electrons. The molecule has 1 aromatic heterocycles. The Kier molecular flexibility index (Phi) is 4.88. The molecule has 7 heteroatoms. The predicted octanol–water partition coefficient (Wildman–Crippen LogP) is 2.14. The summed E-state index contributed by atoms with van der Waals surface area (Å²) >= 11 is 0. The number of aromatic nitrogens is 1. The van der Waals surface area contributed by atoms with Gasteiger partial charge in [0.1, 0.15) is 11.5 Å². The number of nitrogens with two attached hydrogens (primary N) is 1. The zero-order valence-electron chi connectivity index (χ0n) is 10.8. The average Bonchev–Trinajstić information content (AvgIpc) is 2.26. The highest BCUT2D eigenvalue weighted by Crippen LogP contribution is 2.20. The number of halogens is 3. The van der Waals surface area contributed by atoms with Crippen molar-refractivity contribution >= 4 is 5.84 Å². The van der Waals surface area contributed by atoms with Crippen molar-refractivity contribution in [3.8, 4) is 0 Å². The molecule has 0 aromatic carbocycles. The normalized spacial score (nSPS) is 12.2. The van der Waals surface area contributed by atoms with Gasteiger partial charge in [0.25, 0.3) is 0 Å². The molecule has 1 heterocycles. The molecule has 1 aromatic rings. The Hall–Kier alpha value is -1.63. The standard InChI is InChI=1S/C12H17F3N4/c1-8(2)19(7-12(13,14)15)6-9-3-4-18-10(5-9)11(16)17/h3-5,8H,6-7H2,1-2H3,(H3,16,17). The maximum absolute atomic E-state index is 12.5. The van der Waals surface area contributed by atoms with E-state index >= 15 is 0 Å². The van der Waals surface area contributed by atoms with Gasteiger partial charge in [0.15, 0.2) is 0 Å². The zero-order chi connectivity index (χ0) is 14.6. The van der Waals surface area contributed by atoms with Crippen LogP contribution in [0.2, 0.25) is 0 Å². The summed E-state index contributed by atoms with van der Waals surface area (Å²) in [5.74, 6) is -0.200. The van der Waals surface area contributed by atoms with Crippen LogP contribution >= 0.6 is 0 Å². The molecule has 106 valence electrons. The summed E-state index contributed by atoms with van der Waals surface area (Å²) in [5.41, 5.74) is 6.22. The van der Waals surface area contributed by atoms with Crippen molar-refractivity contribution in [3.63, 3.8) is 0 Å². The summed E-state index contributed by atoms with van der Waals surface area (Å²) in [6, 6.07) is 2.92. The molecule has 19 heavy (non-hydrogen) atoms. The minimum absolute atomic E-state index is 0.139. The van der Waals surface area contributed by atoms with Gasteiger partial charge in [0.05, 0.1) is 6.54 Å². The lowest BCUT2D eigenvalue weighted by molar-refractivity contribution is -0.150. The zero-order valence-corrected chi connectivity index (χ0v) is 10.8. The first-order valence-corrected chi connectivity index (χ1v) is 5.79. The molecule has 0 aliphatic rings. The summed E-state index contributed by atoms with van der Waals surface area (Å²) in [4.78, 5) is 5.18. The number of nitrogen functional groups attached to an aromatic ring is 1. The smallest absolute Gasteiger partial charge is 0.382 e. The molecule has 0 fully saturated rings. The quantitative estimate of drug-likeness (QED) is 0.638. The number of hydrogen-bond donors (Lipinski definition) is 2. The Labute approximate surface area is 109 Å². The number of nitrogens with one attached hydrogen (secondary N) is 1. The lowest BCUT2D eigenvalue weighted by Gasteiger charge is -2.27. The summed E-state index contributed by atoms with van der Waals surface area (Å²) in [7, 11) is 0. The molecule has 0 saturated carbocycles. The van der Waals surface area contributed by atoms with Crippen LogP contribution in [0.5, 0.6) is 0 Å². The van der Waals surface area contributed by atoms with Gasteiger partial charge in [0, 0.05) is 18.8 Å². The Balaban J connectivity index is 2.85. The minimum atomic E-state index is -4.24. The Morgan fingerprint density at radius 1 is 1.47 bits per heavy atom. The van der Waals surface area contributed by atoms with Gasteiger partial charge in [-0.25, -0.2) is 0 Å². The Morgan fingerprint density at radius 3 is 2.58 bits per heavy atom. The first kappa shape index (κ1) is 15.4. The van der Waals surface area contributed by atoms with E-state index in [1.54, 1.807) is 19.9 Å². The van der Waals surface area contributed by atoms with Gasteiger partial charge in [-0.05, 0) is 31.5 Å². The molecule has 0 bridgehead atoms. The molecule has 1 rings (SSSR count). The van der Waals surface area contributed by atoms with E-state index < -0.39 is 12.7 Å². The second kappa shape index (κ2) is 6.01. The van der Waals surface area contributed by atoms with Crippen molar-refractivity contribution in [2.45, 2.75) is 32.6 Å². The number of rotatable bonds is 5. The fourth-order valence-electron chi connectivity index (χ4n) is 1.61. The van der Waals surface area contributed by atoms with Gasteiger partial charge in [-0.2, -0.15) is 13.2 Å². The van der Waals surface area contributed by atoms with E-state index in [9.17, 15) is 13.2 Å². The van der Waals surface area contributed by atoms with Crippen LogP contribution in [0.1, 0.15) is 25.1 Å². The molecule has 0 atom stereocenters. The molecule has 4 nitrogen and oxygen atoms in total. The first-order valence-electron chi connectivity index (χ1n) is 5.79. The number of nitrogens with zero attached hydrogens (tertiary/aromatic N) is 2. The maximum atomic E-state index is 12.5. The summed E-state index contributed by atoms with van der Waals surface area (Å²) in [6.45, 7) is 2.58. The fraction of sp³-hybridized carbons (Fsp3) is 0.500. The van der Waals surface area contributed by atoms with Crippen LogP contribution in [-0.2, 0) is 6.54 Å². The van der Waals surface area contributed by atoms with Gasteiger partial charge >= 0.3 is 6.18 Å². The lowest BCUT2D eigenvalue weighted by Crippen LogP contribution is -2.38. The molecule has 0 spiro atoms. The summed E-state index contributed by atoms with van der Waals surface area (Å²) < 4.78 is 37.4. The van der Waals surface area contributed by atoms with Crippen molar-refractivity contribution in [1.29, 1.82) is 5.41 Å². The highest BCUT2D eigenvalue weighted by atomic mass is 19.4. The van der Waals surface area contributed by atoms with E-state index in [1.807, 2.05) is 0 Å². The summed E-state index contributed by atoms with van der Waals surface area (Å²) in [5, 5.41) is 7.26. The van der Waals surface area contributed by atoms with E-state index in [1.165, 1.54) is 17.2 Å². The third-order valence-electron chi connectivity index (χ3n) is 2.60. The second-order valence-electron chi connectivity index (χ2n) is 4.58. The highest BCUT2D eigenvalue weighted by molar-refractivity contribution is 5.93. The second-order valence-corrected chi connectivity index (χ2v) is 4.58. The van der Waals surface area contributed by atoms with Crippen LogP contribution in [0.3, 0.4) is 0 Å². The van der Waals surface area contributed by atoms with E-state index in [0.29, 0.717) is 5.56 Å². The van der Waals surface area contributed by atoms with Gasteiger partial charge in [0.2, 0.25) is 0 Å². The van der Waals surface area contributed by atoms with Crippen molar-refractivity contribution < 1.29 is 13.2 Å². The Morgan fingerprint density at radius 2 is 2.11 bits per heavy atom. The maximum Gasteiger partial charge on any atom is 0.401 e. The number of pyridine rings is 1. The molecule has 0 unspecified atom stereocenters.